The zero-order valence-corrected chi connectivity index (χ0v) is 16.5. The van der Waals surface area contributed by atoms with Crippen molar-refractivity contribution in [2.45, 2.75) is 12.8 Å². The van der Waals surface area contributed by atoms with Gasteiger partial charge in [-0.05, 0) is 59.2 Å². The molecule has 2 aromatic carbocycles. The van der Waals surface area contributed by atoms with Crippen LogP contribution in [-0.2, 0) is 22.9 Å². The Kier molecular flexibility index (Phi) is 4.75. The van der Waals surface area contributed by atoms with Crippen LogP contribution in [0.4, 0.5) is 5.69 Å². The number of thiophene rings is 1. The van der Waals surface area contributed by atoms with Gasteiger partial charge in [-0.2, -0.15) is 0 Å². The zero-order valence-electron chi connectivity index (χ0n) is 14.9. The number of nitrogens with one attached hydrogen (secondary N) is 1. The van der Waals surface area contributed by atoms with Gasteiger partial charge in [-0.1, -0.05) is 36.4 Å². The molecule has 0 fully saturated rings. The van der Waals surface area contributed by atoms with Crippen LogP contribution in [0, 0.1) is 0 Å². The summed E-state index contributed by atoms with van der Waals surface area (Å²) in [5.41, 5.74) is 9.83. The summed E-state index contributed by atoms with van der Waals surface area (Å²) in [6.07, 6.45) is 5.15. The first-order valence-corrected chi connectivity index (χ1v) is 11.5. The Morgan fingerprint density at radius 3 is 2.74 bits per heavy atom. The molecular formula is C22H19NO2S2. The van der Waals surface area contributed by atoms with Gasteiger partial charge < -0.3 is 0 Å². The van der Waals surface area contributed by atoms with E-state index in [9.17, 15) is 8.42 Å². The van der Waals surface area contributed by atoms with Gasteiger partial charge in [-0.15, -0.1) is 17.1 Å². The SMILES string of the molecule is CS(=O)(=O)Nc1cccc(C=C=C2c3ccccc3CCc3sccc32)c1. The van der Waals surface area contributed by atoms with E-state index in [1.165, 1.54) is 21.6 Å². The molecule has 0 unspecified atom stereocenters. The number of aryl methyl sites for hydroxylation is 2. The minimum Gasteiger partial charge on any atom is -0.284 e. The van der Waals surface area contributed by atoms with E-state index in [-0.39, 0.29) is 0 Å². The molecule has 1 aliphatic carbocycles. The van der Waals surface area contributed by atoms with Crippen molar-refractivity contribution in [2.24, 2.45) is 0 Å². The minimum absolute atomic E-state index is 0.551. The highest BCUT2D eigenvalue weighted by Gasteiger charge is 2.18. The van der Waals surface area contributed by atoms with Crippen LogP contribution >= 0.6 is 11.3 Å². The highest BCUT2D eigenvalue weighted by molar-refractivity contribution is 7.92. The lowest BCUT2D eigenvalue weighted by Gasteiger charge is -2.07. The van der Waals surface area contributed by atoms with Gasteiger partial charge in [0.05, 0.1) is 6.26 Å². The van der Waals surface area contributed by atoms with Crippen molar-refractivity contribution in [3.63, 3.8) is 0 Å². The molecule has 1 aliphatic rings. The topological polar surface area (TPSA) is 46.2 Å². The fraction of sp³-hybridized carbons (Fsp3) is 0.136. The van der Waals surface area contributed by atoms with E-state index >= 15 is 0 Å². The van der Waals surface area contributed by atoms with E-state index in [4.69, 9.17) is 0 Å². The summed E-state index contributed by atoms with van der Waals surface area (Å²) in [5.74, 6) is 0. The first-order valence-electron chi connectivity index (χ1n) is 8.69. The fourth-order valence-electron chi connectivity index (χ4n) is 3.35. The van der Waals surface area contributed by atoms with Crippen molar-refractivity contribution < 1.29 is 8.42 Å². The van der Waals surface area contributed by atoms with Crippen LogP contribution in [0.3, 0.4) is 0 Å². The number of sulfonamides is 1. The second kappa shape index (κ2) is 7.20. The molecule has 0 saturated carbocycles. The summed E-state index contributed by atoms with van der Waals surface area (Å²) < 4.78 is 25.4. The standard InChI is InChI=1S/C22H19NO2S2/c1-27(24,25)23-18-7-4-5-16(15-18)9-11-20-19-8-3-2-6-17(19)10-12-22-21(20)13-14-26-22/h2-9,13-15,23H,10,12H2,1H3. The van der Waals surface area contributed by atoms with E-state index in [0.29, 0.717) is 5.69 Å². The van der Waals surface area contributed by atoms with E-state index in [0.717, 1.165) is 30.2 Å². The maximum absolute atomic E-state index is 11.5. The molecule has 0 aliphatic heterocycles. The maximum Gasteiger partial charge on any atom is 0.229 e. The average Bonchev–Trinajstić information content (AvgIpc) is 3.03. The molecule has 1 heterocycles. The molecule has 0 saturated heterocycles. The molecule has 3 nitrogen and oxygen atoms in total. The molecule has 0 bridgehead atoms. The average molecular weight is 394 g/mol. The van der Waals surface area contributed by atoms with Gasteiger partial charge in [0.2, 0.25) is 10.0 Å². The summed E-state index contributed by atoms with van der Waals surface area (Å²) in [6.45, 7) is 0. The largest absolute Gasteiger partial charge is 0.284 e. The second-order valence-electron chi connectivity index (χ2n) is 6.58. The predicted octanol–water partition coefficient (Wildman–Crippen LogP) is 4.96. The number of hydrogen-bond donors (Lipinski definition) is 1. The Balaban J connectivity index is 1.82. The van der Waals surface area contributed by atoms with Crippen LogP contribution < -0.4 is 4.72 Å². The zero-order chi connectivity index (χ0) is 18.9. The summed E-state index contributed by atoms with van der Waals surface area (Å²) in [7, 11) is -3.29. The minimum atomic E-state index is -3.29. The van der Waals surface area contributed by atoms with Crippen LogP contribution in [0.25, 0.3) is 11.6 Å². The Hall–Kier alpha value is -2.59. The molecule has 27 heavy (non-hydrogen) atoms. The molecule has 3 aromatic rings. The summed E-state index contributed by atoms with van der Waals surface area (Å²) in [5, 5.41) is 2.14. The van der Waals surface area contributed by atoms with Gasteiger partial charge >= 0.3 is 0 Å². The number of hydrogen-bond acceptors (Lipinski definition) is 3. The third kappa shape index (κ3) is 4.06. The Labute approximate surface area is 163 Å². The van der Waals surface area contributed by atoms with Crippen molar-refractivity contribution in [3.8, 4) is 0 Å². The molecule has 0 amide bonds. The van der Waals surface area contributed by atoms with Gasteiger partial charge in [0, 0.05) is 21.7 Å². The third-order valence-corrected chi connectivity index (χ3v) is 6.08. The van der Waals surface area contributed by atoms with Crippen molar-refractivity contribution in [1.82, 2.24) is 0 Å². The maximum atomic E-state index is 11.5. The molecule has 0 spiro atoms. The van der Waals surface area contributed by atoms with Gasteiger partial charge in [0.15, 0.2) is 0 Å². The quantitative estimate of drug-likeness (QED) is 0.639. The molecule has 1 aromatic heterocycles. The number of benzene rings is 2. The number of rotatable bonds is 3. The lowest BCUT2D eigenvalue weighted by atomic mass is 9.96. The van der Waals surface area contributed by atoms with Gasteiger partial charge in [-0.25, -0.2) is 8.42 Å². The first kappa shape index (κ1) is 17.8. The van der Waals surface area contributed by atoms with Crippen LogP contribution in [0.15, 0.2) is 65.7 Å². The molecule has 0 atom stereocenters. The lowest BCUT2D eigenvalue weighted by Crippen LogP contribution is -2.09. The normalized spacial score (nSPS) is 13.1. The molecule has 4 rings (SSSR count). The summed E-state index contributed by atoms with van der Waals surface area (Å²) >= 11 is 1.79. The molecule has 136 valence electrons. The van der Waals surface area contributed by atoms with Crippen LogP contribution in [0.5, 0.6) is 0 Å². The van der Waals surface area contributed by atoms with Gasteiger partial charge in [-0.3, -0.25) is 4.72 Å². The fourth-order valence-corrected chi connectivity index (χ4v) is 4.79. The lowest BCUT2D eigenvalue weighted by molar-refractivity contribution is 0.607. The van der Waals surface area contributed by atoms with E-state index in [1.54, 1.807) is 17.4 Å². The highest BCUT2D eigenvalue weighted by Crippen LogP contribution is 2.35. The summed E-state index contributed by atoms with van der Waals surface area (Å²) in [4.78, 5) is 1.38. The van der Waals surface area contributed by atoms with E-state index in [1.807, 2.05) is 24.3 Å². The molecule has 5 heteroatoms. The second-order valence-corrected chi connectivity index (χ2v) is 9.33. The van der Waals surface area contributed by atoms with Crippen LogP contribution in [-0.4, -0.2) is 14.7 Å². The molecule has 0 radical (unpaired) electrons. The van der Waals surface area contributed by atoms with Gasteiger partial charge in [0.25, 0.3) is 0 Å². The monoisotopic (exact) mass is 393 g/mol. The predicted molar refractivity (Wildman–Crippen MR) is 114 cm³/mol. The van der Waals surface area contributed by atoms with Crippen molar-refractivity contribution in [1.29, 1.82) is 0 Å². The van der Waals surface area contributed by atoms with E-state index in [2.05, 4.69) is 46.2 Å². The smallest absolute Gasteiger partial charge is 0.229 e. The molecular weight excluding hydrogens is 374 g/mol. The van der Waals surface area contributed by atoms with Crippen LogP contribution in [0.1, 0.15) is 27.1 Å². The Morgan fingerprint density at radius 1 is 1.04 bits per heavy atom. The molecule has 1 N–H and O–H groups in total. The van der Waals surface area contributed by atoms with Gasteiger partial charge in [0.1, 0.15) is 0 Å². The Morgan fingerprint density at radius 2 is 1.89 bits per heavy atom. The number of anilines is 1. The van der Waals surface area contributed by atoms with E-state index < -0.39 is 10.0 Å². The van der Waals surface area contributed by atoms with Crippen molar-refractivity contribution >= 4 is 38.7 Å². The third-order valence-electron chi connectivity index (χ3n) is 4.50. The van der Waals surface area contributed by atoms with Crippen molar-refractivity contribution in [2.75, 3.05) is 11.0 Å². The van der Waals surface area contributed by atoms with Crippen LogP contribution in [0.2, 0.25) is 0 Å². The Bertz CT molecular complexity index is 1170. The summed E-state index contributed by atoms with van der Waals surface area (Å²) in [6, 6.07) is 18.0. The highest BCUT2D eigenvalue weighted by atomic mass is 32.2. The first-order chi connectivity index (χ1) is 13.0. The number of fused-ring (bicyclic) bond motifs is 2. The van der Waals surface area contributed by atoms with Crippen molar-refractivity contribution in [3.05, 3.63) is 92.8 Å².